The van der Waals surface area contributed by atoms with Gasteiger partial charge in [-0.05, 0) is 74.7 Å². The molecular weight excluding hydrogens is 234 g/mol. The molecule has 4 aliphatic rings. The van der Waals surface area contributed by atoms with Gasteiger partial charge in [0.2, 0.25) is 0 Å². The molecule has 0 aromatic carbocycles. The minimum atomic E-state index is 0.600. The number of hydrogen-bond acceptors (Lipinski definition) is 2. The summed E-state index contributed by atoms with van der Waals surface area (Å²) in [6.45, 7) is 0.797. The zero-order valence-corrected chi connectivity index (χ0v) is 11.6. The van der Waals surface area contributed by atoms with Crippen LogP contribution in [0.4, 0.5) is 0 Å². The average molecular weight is 259 g/mol. The van der Waals surface area contributed by atoms with Crippen molar-refractivity contribution >= 4 is 0 Å². The summed E-state index contributed by atoms with van der Waals surface area (Å²) >= 11 is 0. The molecule has 0 amide bonds. The lowest BCUT2D eigenvalue weighted by Gasteiger charge is -2.56. The zero-order chi connectivity index (χ0) is 12.8. The topological polar surface area (TPSA) is 43.8 Å². The molecule has 1 aromatic heterocycles. The van der Waals surface area contributed by atoms with E-state index in [-0.39, 0.29) is 0 Å². The summed E-state index contributed by atoms with van der Waals surface area (Å²) < 4.78 is 2.35. The standard InChI is InChI=1S/C16H25N3/c17-2-1-15(19-4-3-18-10-19)16-13-6-11-5-12(8-13)9-14(16)7-11/h3-4,10-16H,1-2,5-9,17H2. The van der Waals surface area contributed by atoms with Crippen molar-refractivity contribution in [2.24, 2.45) is 35.3 Å². The summed E-state index contributed by atoms with van der Waals surface area (Å²) in [4.78, 5) is 4.26. The van der Waals surface area contributed by atoms with E-state index in [9.17, 15) is 0 Å². The number of hydrogen-bond donors (Lipinski definition) is 1. The van der Waals surface area contributed by atoms with Crippen molar-refractivity contribution in [1.82, 2.24) is 9.55 Å². The van der Waals surface area contributed by atoms with Gasteiger partial charge in [0.1, 0.15) is 0 Å². The SMILES string of the molecule is NCCC(C1C2CC3CC(C2)CC1C3)n1ccnc1. The molecule has 2 N–H and O–H groups in total. The van der Waals surface area contributed by atoms with Crippen molar-refractivity contribution in [2.45, 2.75) is 44.6 Å². The highest BCUT2D eigenvalue weighted by Crippen LogP contribution is 2.59. The van der Waals surface area contributed by atoms with Gasteiger partial charge in [-0.15, -0.1) is 0 Å². The Balaban J connectivity index is 1.62. The largest absolute Gasteiger partial charge is 0.334 e. The van der Waals surface area contributed by atoms with Crippen molar-refractivity contribution in [3.63, 3.8) is 0 Å². The molecule has 1 aromatic rings. The first-order chi connectivity index (χ1) is 9.35. The van der Waals surface area contributed by atoms with E-state index in [2.05, 4.69) is 15.7 Å². The van der Waals surface area contributed by atoms with Crippen LogP contribution in [0, 0.1) is 29.6 Å². The number of rotatable bonds is 4. The van der Waals surface area contributed by atoms with Crippen LogP contribution in [-0.4, -0.2) is 16.1 Å². The molecule has 3 nitrogen and oxygen atoms in total. The van der Waals surface area contributed by atoms with Crippen molar-refractivity contribution in [3.8, 4) is 0 Å². The van der Waals surface area contributed by atoms with Gasteiger partial charge in [0.25, 0.3) is 0 Å². The van der Waals surface area contributed by atoms with Crippen molar-refractivity contribution < 1.29 is 0 Å². The van der Waals surface area contributed by atoms with Crippen LogP contribution in [0.2, 0.25) is 0 Å². The van der Waals surface area contributed by atoms with Crippen LogP contribution in [0.5, 0.6) is 0 Å². The summed E-state index contributed by atoms with van der Waals surface area (Å²) in [5.41, 5.74) is 5.89. The smallest absolute Gasteiger partial charge is 0.0948 e. The minimum absolute atomic E-state index is 0.600. The first kappa shape index (κ1) is 12.0. The highest BCUT2D eigenvalue weighted by Gasteiger charge is 2.50. The Morgan fingerprint density at radius 3 is 2.32 bits per heavy atom. The van der Waals surface area contributed by atoms with Crippen molar-refractivity contribution in [1.29, 1.82) is 0 Å². The van der Waals surface area contributed by atoms with Crippen LogP contribution >= 0.6 is 0 Å². The van der Waals surface area contributed by atoms with E-state index in [4.69, 9.17) is 5.73 Å². The van der Waals surface area contributed by atoms with E-state index < -0.39 is 0 Å². The molecule has 1 unspecified atom stereocenters. The second-order valence-electron chi connectivity index (χ2n) is 7.16. The molecule has 4 aliphatic carbocycles. The molecule has 1 atom stereocenters. The number of nitrogens with two attached hydrogens (primary N) is 1. The van der Waals surface area contributed by atoms with Gasteiger partial charge >= 0.3 is 0 Å². The van der Waals surface area contributed by atoms with E-state index in [1.165, 1.54) is 32.1 Å². The second-order valence-corrected chi connectivity index (χ2v) is 7.16. The third kappa shape index (κ3) is 1.94. The fraction of sp³-hybridized carbons (Fsp3) is 0.812. The highest BCUT2D eigenvalue weighted by atomic mass is 15.1. The molecule has 5 rings (SSSR count). The molecule has 4 fully saturated rings. The van der Waals surface area contributed by atoms with Crippen LogP contribution in [0.3, 0.4) is 0 Å². The maximum Gasteiger partial charge on any atom is 0.0948 e. The molecule has 104 valence electrons. The third-order valence-electron chi connectivity index (χ3n) is 6.11. The van der Waals surface area contributed by atoms with E-state index in [1.807, 2.05) is 12.5 Å². The van der Waals surface area contributed by atoms with Crippen LogP contribution in [0.15, 0.2) is 18.7 Å². The first-order valence-corrected chi connectivity index (χ1v) is 8.02. The Labute approximate surface area is 115 Å². The molecule has 0 spiro atoms. The Bertz CT molecular complexity index is 397. The van der Waals surface area contributed by atoms with Gasteiger partial charge in [-0.3, -0.25) is 0 Å². The van der Waals surface area contributed by atoms with Gasteiger partial charge in [0.05, 0.1) is 6.33 Å². The predicted octanol–water partition coefficient (Wildman–Crippen LogP) is 2.85. The van der Waals surface area contributed by atoms with Gasteiger partial charge in [0, 0.05) is 18.4 Å². The van der Waals surface area contributed by atoms with Crippen LogP contribution in [0.1, 0.15) is 44.6 Å². The molecule has 0 saturated heterocycles. The summed E-state index contributed by atoms with van der Waals surface area (Å²) in [5.74, 6) is 4.91. The van der Waals surface area contributed by atoms with Crippen molar-refractivity contribution in [3.05, 3.63) is 18.7 Å². The summed E-state index contributed by atoms with van der Waals surface area (Å²) in [6, 6.07) is 0.600. The Morgan fingerprint density at radius 1 is 1.11 bits per heavy atom. The fourth-order valence-corrected chi connectivity index (χ4v) is 5.77. The first-order valence-electron chi connectivity index (χ1n) is 8.02. The summed E-state index contributed by atoms with van der Waals surface area (Å²) in [5, 5.41) is 0. The molecule has 19 heavy (non-hydrogen) atoms. The van der Waals surface area contributed by atoms with Gasteiger partial charge < -0.3 is 10.3 Å². The monoisotopic (exact) mass is 259 g/mol. The normalized spacial score (nSPS) is 41.6. The Hall–Kier alpha value is -0.830. The fourth-order valence-electron chi connectivity index (χ4n) is 5.77. The van der Waals surface area contributed by atoms with E-state index in [1.54, 1.807) is 0 Å². The number of imidazole rings is 1. The van der Waals surface area contributed by atoms with E-state index in [0.29, 0.717) is 6.04 Å². The van der Waals surface area contributed by atoms with Crippen LogP contribution in [-0.2, 0) is 0 Å². The maximum atomic E-state index is 5.89. The second kappa shape index (κ2) is 4.62. The summed E-state index contributed by atoms with van der Waals surface area (Å²) in [6.07, 6.45) is 14.7. The van der Waals surface area contributed by atoms with Gasteiger partial charge in [-0.2, -0.15) is 0 Å². The lowest BCUT2D eigenvalue weighted by molar-refractivity contribution is -0.0594. The molecular formula is C16H25N3. The lowest BCUT2D eigenvalue weighted by Crippen LogP contribution is -2.48. The third-order valence-corrected chi connectivity index (χ3v) is 6.11. The number of nitrogens with zero attached hydrogens (tertiary/aromatic N) is 2. The molecule has 4 saturated carbocycles. The van der Waals surface area contributed by atoms with Crippen molar-refractivity contribution in [2.75, 3.05) is 6.54 Å². The molecule has 1 heterocycles. The Morgan fingerprint density at radius 2 is 1.79 bits per heavy atom. The minimum Gasteiger partial charge on any atom is -0.334 e. The van der Waals surface area contributed by atoms with Crippen LogP contribution in [0.25, 0.3) is 0 Å². The lowest BCUT2D eigenvalue weighted by atomic mass is 9.50. The zero-order valence-electron chi connectivity index (χ0n) is 11.6. The Kier molecular flexibility index (Phi) is 2.91. The van der Waals surface area contributed by atoms with E-state index >= 15 is 0 Å². The average Bonchev–Trinajstić information content (AvgIpc) is 2.89. The maximum absolute atomic E-state index is 5.89. The molecule has 0 aliphatic heterocycles. The van der Waals surface area contributed by atoms with Gasteiger partial charge in [-0.25, -0.2) is 4.98 Å². The van der Waals surface area contributed by atoms with E-state index in [0.717, 1.165) is 42.6 Å². The predicted molar refractivity (Wildman–Crippen MR) is 75.5 cm³/mol. The van der Waals surface area contributed by atoms with Crippen LogP contribution < -0.4 is 5.73 Å². The number of aromatic nitrogens is 2. The quantitative estimate of drug-likeness (QED) is 0.903. The summed E-state index contributed by atoms with van der Waals surface area (Å²) in [7, 11) is 0. The highest BCUT2D eigenvalue weighted by molar-refractivity contribution is 5.02. The molecule has 4 bridgehead atoms. The van der Waals surface area contributed by atoms with Gasteiger partial charge in [0.15, 0.2) is 0 Å². The van der Waals surface area contributed by atoms with Gasteiger partial charge in [-0.1, -0.05) is 0 Å². The molecule has 0 radical (unpaired) electrons. The molecule has 3 heteroatoms.